The molecule has 3 rings (SSSR count). The molecule has 0 spiro atoms. The highest BCUT2D eigenvalue weighted by Crippen LogP contribution is 2.28. The molecule has 1 amide bonds. The summed E-state index contributed by atoms with van der Waals surface area (Å²) >= 11 is 1.33. The topological polar surface area (TPSA) is 42.0 Å². The van der Waals surface area contributed by atoms with E-state index < -0.39 is 17.5 Å². The summed E-state index contributed by atoms with van der Waals surface area (Å²) in [6, 6.07) is 8.77. The van der Waals surface area contributed by atoms with Crippen LogP contribution in [0.3, 0.4) is 0 Å². The Hall–Kier alpha value is -2.34. The molecule has 0 fully saturated rings. The monoisotopic (exact) mass is 304 g/mol. The number of para-hydroxylation sites is 1. The quantitative estimate of drug-likeness (QED) is 0.773. The number of nitrogens with one attached hydrogen (secondary N) is 1. The molecular formula is C15H10F2N2OS. The number of nitrogens with zero attached hydrogens (tertiary/aromatic N) is 1. The number of halogens is 2. The Morgan fingerprint density at radius 1 is 1.19 bits per heavy atom. The van der Waals surface area contributed by atoms with Gasteiger partial charge < -0.3 is 0 Å². The van der Waals surface area contributed by atoms with Gasteiger partial charge in [0, 0.05) is 5.56 Å². The number of benzene rings is 2. The van der Waals surface area contributed by atoms with Crippen LogP contribution < -0.4 is 5.32 Å². The first-order chi connectivity index (χ1) is 10.0. The minimum atomic E-state index is -1.05. The lowest BCUT2D eigenvalue weighted by molar-refractivity contribution is 0.102. The van der Waals surface area contributed by atoms with Crippen molar-refractivity contribution < 1.29 is 13.6 Å². The minimum Gasteiger partial charge on any atom is -0.298 e. The van der Waals surface area contributed by atoms with Gasteiger partial charge >= 0.3 is 0 Å². The second-order valence-electron chi connectivity index (χ2n) is 4.52. The second kappa shape index (κ2) is 5.21. The number of hydrogen-bond donors (Lipinski definition) is 1. The first kappa shape index (κ1) is 13.6. The van der Waals surface area contributed by atoms with Crippen molar-refractivity contribution in [2.45, 2.75) is 6.92 Å². The van der Waals surface area contributed by atoms with Crippen LogP contribution in [0.5, 0.6) is 0 Å². The number of carbonyl (C=O) groups is 1. The van der Waals surface area contributed by atoms with Crippen LogP contribution in [0, 0.1) is 18.6 Å². The highest BCUT2D eigenvalue weighted by atomic mass is 32.1. The molecule has 6 heteroatoms. The van der Waals surface area contributed by atoms with E-state index in [-0.39, 0.29) is 5.56 Å². The van der Waals surface area contributed by atoms with Crippen molar-refractivity contribution in [3.8, 4) is 0 Å². The van der Waals surface area contributed by atoms with E-state index in [0.717, 1.165) is 27.9 Å². The van der Waals surface area contributed by atoms with Crippen molar-refractivity contribution >= 4 is 32.6 Å². The first-order valence-corrected chi connectivity index (χ1v) is 6.99. The van der Waals surface area contributed by atoms with Crippen LogP contribution >= 0.6 is 11.3 Å². The lowest BCUT2D eigenvalue weighted by Gasteiger charge is -2.01. The number of thiazole rings is 1. The molecule has 1 N–H and O–H groups in total. The molecule has 0 aliphatic carbocycles. The molecule has 3 aromatic rings. The van der Waals surface area contributed by atoms with Gasteiger partial charge in [-0.2, -0.15) is 0 Å². The van der Waals surface area contributed by atoms with Crippen molar-refractivity contribution in [1.29, 1.82) is 0 Å². The lowest BCUT2D eigenvalue weighted by atomic mass is 10.2. The number of aryl methyl sites for hydroxylation is 1. The molecule has 0 unspecified atom stereocenters. The molecule has 3 nitrogen and oxygen atoms in total. The van der Waals surface area contributed by atoms with Crippen molar-refractivity contribution in [1.82, 2.24) is 4.98 Å². The fourth-order valence-corrected chi connectivity index (χ4v) is 2.89. The van der Waals surface area contributed by atoms with E-state index in [4.69, 9.17) is 0 Å². The molecule has 0 aliphatic heterocycles. The molecule has 2 aromatic carbocycles. The van der Waals surface area contributed by atoms with Gasteiger partial charge in [0.25, 0.3) is 5.91 Å². The van der Waals surface area contributed by atoms with Crippen molar-refractivity contribution in [3.05, 3.63) is 59.2 Å². The summed E-state index contributed by atoms with van der Waals surface area (Å²) in [5, 5.41) is 3.03. The highest BCUT2D eigenvalue weighted by Gasteiger charge is 2.12. The third kappa shape index (κ3) is 2.62. The summed E-state index contributed by atoms with van der Waals surface area (Å²) in [6.07, 6.45) is 0. The second-order valence-corrected chi connectivity index (χ2v) is 5.55. The first-order valence-electron chi connectivity index (χ1n) is 6.17. The number of carbonyl (C=O) groups excluding carboxylic acids is 1. The molecule has 1 heterocycles. The molecule has 21 heavy (non-hydrogen) atoms. The smallest absolute Gasteiger partial charge is 0.257 e. The molecule has 0 saturated carbocycles. The average Bonchev–Trinajstić information content (AvgIpc) is 2.86. The molecular weight excluding hydrogens is 294 g/mol. The van der Waals surface area contributed by atoms with Crippen LogP contribution in [0.1, 0.15) is 15.9 Å². The number of aromatic nitrogens is 1. The van der Waals surface area contributed by atoms with Gasteiger partial charge in [-0.25, -0.2) is 13.8 Å². The van der Waals surface area contributed by atoms with Gasteiger partial charge in [-0.05, 0) is 36.8 Å². The van der Waals surface area contributed by atoms with Gasteiger partial charge in [-0.3, -0.25) is 10.1 Å². The molecule has 0 bridgehead atoms. The summed E-state index contributed by atoms with van der Waals surface area (Å²) in [5.41, 5.74) is 1.88. The van der Waals surface area contributed by atoms with Crippen LogP contribution in [0.2, 0.25) is 0 Å². The SMILES string of the molecule is Cc1cccc2sc(NC(=O)c3ccc(F)c(F)c3)nc12. The summed E-state index contributed by atoms with van der Waals surface area (Å²) in [6.45, 7) is 1.93. The number of fused-ring (bicyclic) bond motifs is 1. The van der Waals surface area contributed by atoms with Crippen molar-refractivity contribution in [2.75, 3.05) is 5.32 Å². The fourth-order valence-electron chi connectivity index (χ4n) is 1.95. The van der Waals surface area contributed by atoms with Gasteiger partial charge in [0.1, 0.15) is 0 Å². The third-order valence-corrected chi connectivity index (χ3v) is 3.96. The van der Waals surface area contributed by atoms with Gasteiger partial charge in [0.2, 0.25) is 0 Å². The fraction of sp³-hybridized carbons (Fsp3) is 0.0667. The lowest BCUT2D eigenvalue weighted by Crippen LogP contribution is -2.12. The maximum absolute atomic E-state index is 13.1. The van der Waals surface area contributed by atoms with Gasteiger partial charge in [-0.15, -0.1) is 0 Å². The van der Waals surface area contributed by atoms with E-state index in [2.05, 4.69) is 10.3 Å². The number of hydrogen-bond acceptors (Lipinski definition) is 3. The standard InChI is InChI=1S/C15H10F2N2OS/c1-8-3-2-4-12-13(8)18-15(21-12)19-14(20)9-5-6-10(16)11(17)7-9/h2-7H,1H3,(H,18,19,20). The highest BCUT2D eigenvalue weighted by molar-refractivity contribution is 7.22. The maximum Gasteiger partial charge on any atom is 0.257 e. The van der Waals surface area contributed by atoms with E-state index in [1.807, 2.05) is 25.1 Å². The van der Waals surface area contributed by atoms with Crippen LogP contribution in [0.15, 0.2) is 36.4 Å². The van der Waals surface area contributed by atoms with Crippen LogP contribution in [0.25, 0.3) is 10.2 Å². The van der Waals surface area contributed by atoms with E-state index in [0.29, 0.717) is 5.13 Å². The molecule has 0 radical (unpaired) electrons. The Balaban J connectivity index is 1.89. The number of amides is 1. The van der Waals surface area contributed by atoms with Crippen molar-refractivity contribution in [2.24, 2.45) is 0 Å². The Kier molecular flexibility index (Phi) is 3.39. The molecule has 0 atom stereocenters. The van der Waals surface area contributed by atoms with E-state index in [1.54, 1.807) is 0 Å². The predicted molar refractivity (Wildman–Crippen MR) is 78.7 cm³/mol. The zero-order valence-electron chi connectivity index (χ0n) is 11.0. The van der Waals surface area contributed by atoms with E-state index >= 15 is 0 Å². The zero-order valence-corrected chi connectivity index (χ0v) is 11.8. The summed E-state index contributed by atoms with van der Waals surface area (Å²) in [5.74, 6) is -2.56. The summed E-state index contributed by atoms with van der Waals surface area (Å²) in [4.78, 5) is 16.3. The number of rotatable bonds is 2. The van der Waals surface area contributed by atoms with Crippen molar-refractivity contribution in [3.63, 3.8) is 0 Å². The van der Waals surface area contributed by atoms with Crippen LogP contribution in [0.4, 0.5) is 13.9 Å². The van der Waals surface area contributed by atoms with Gasteiger partial charge in [0.05, 0.1) is 10.2 Å². The molecule has 0 saturated heterocycles. The Bertz CT molecular complexity index is 845. The normalized spacial score (nSPS) is 10.8. The predicted octanol–water partition coefficient (Wildman–Crippen LogP) is 4.14. The summed E-state index contributed by atoms with van der Waals surface area (Å²) in [7, 11) is 0. The maximum atomic E-state index is 13.1. The van der Waals surface area contributed by atoms with Crippen LogP contribution in [-0.2, 0) is 0 Å². The molecule has 1 aromatic heterocycles. The van der Waals surface area contributed by atoms with Crippen LogP contribution in [-0.4, -0.2) is 10.9 Å². The molecule has 106 valence electrons. The van der Waals surface area contributed by atoms with Gasteiger partial charge in [0.15, 0.2) is 16.8 Å². The zero-order chi connectivity index (χ0) is 15.0. The molecule has 0 aliphatic rings. The average molecular weight is 304 g/mol. The Morgan fingerprint density at radius 2 is 2.00 bits per heavy atom. The number of anilines is 1. The summed E-state index contributed by atoms with van der Waals surface area (Å²) < 4.78 is 26.9. The van der Waals surface area contributed by atoms with E-state index in [9.17, 15) is 13.6 Å². The van der Waals surface area contributed by atoms with E-state index in [1.165, 1.54) is 17.4 Å². The largest absolute Gasteiger partial charge is 0.298 e. The Morgan fingerprint density at radius 3 is 2.71 bits per heavy atom. The van der Waals surface area contributed by atoms with Gasteiger partial charge in [-0.1, -0.05) is 23.5 Å². The Labute approximate surface area is 123 Å². The third-order valence-electron chi connectivity index (χ3n) is 3.02. The minimum absolute atomic E-state index is 0.0462.